The van der Waals surface area contributed by atoms with Gasteiger partial charge in [0, 0.05) is 25.9 Å². The third-order valence-corrected chi connectivity index (χ3v) is 7.05. The van der Waals surface area contributed by atoms with Crippen LogP contribution >= 0.6 is 11.3 Å². The van der Waals surface area contributed by atoms with Crippen LogP contribution in [-0.2, 0) is 9.53 Å². The van der Waals surface area contributed by atoms with Crippen LogP contribution in [-0.4, -0.2) is 59.7 Å². The second-order valence-electron chi connectivity index (χ2n) is 8.92. The van der Waals surface area contributed by atoms with Crippen molar-refractivity contribution in [3.05, 3.63) is 12.0 Å². The van der Waals surface area contributed by atoms with E-state index in [1.807, 2.05) is 6.92 Å². The lowest BCUT2D eigenvalue weighted by Crippen LogP contribution is -2.42. The Labute approximate surface area is 194 Å². The molecule has 182 valence electrons. The number of nitrogens with one attached hydrogen (secondary N) is 1. The number of thiazole rings is 1. The van der Waals surface area contributed by atoms with Crippen LogP contribution in [0.25, 0.3) is 10.2 Å². The Hall–Kier alpha value is -2.14. The summed E-state index contributed by atoms with van der Waals surface area (Å²) < 4.78 is 54.6. The first kappa shape index (κ1) is 24.0. The van der Waals surface area contributed by atoms with Crippen LogP contribution in [0.15, 0.2) is 6.20 Å². The van der Waals surface area contributed by atoms with E-state index in [9.17, 15) is 13.6 Å². The van der Waals surface area contributed by atoms with Gasteiger partial charge in [-0.25, -0.2) is 18.7 Å². The first-order valence-electron chi connectivity index (χ1n) is 11.3. The van der Waals surface area contributed by atoms with Crippen molar-refractivity contribution in [1.29, 1.82) is 0 Å². The van der Waals surface area contributed by atoms with Crippen molar-refractivity contribution in [3.8, 4) is 5.88 Å². The van der Waals surface area contributed by atoms with Gasteiger partial charge in [0.25, 0.3) is 11.8 Å². The number of hydrogen-bond acceptors (Lipinski definition) is 7. The Morgan fingerprint density at radius 3 is 2.76 bits per heavy atom. The van der Waals surface area contributed by atoms with Gasteiger partial charge in [0.15, 0.2) is 5.13 Å². The summed E-state index contributed by atoms with van der Waals surface area (Å²) in [6.07, 6.45) is 4.53. The Bertz CT molecular complexity index is 981. The highest BCUT2D eigenvalue weighted by atomic mass is 32.1. The van der Waals surface area contributed by atoms with Crippen LogP contribution in [0, 0.1) is 5.82 Å². The predicted molar refractivity (Wildman–Crippen MR) is 120 cm³/mol. The van der Waals surface area contributed by atoms with Gasteiger partial charge in [0.2, 0.25) is 11.7 Å². The van der Waals surface area contributed by atoms with E-state index in [0.717, 1.165) is 24.2 Å². The minimum Gasteiger partial charge on any atom is -0.472 e. The third kappa shape index (κ3) is 6.06. The molecule has 1 atom stereocenters. The van der Waals surface area contributed by atoms with Crippen molar-refractivity contribution in [2.45, 2.75) is 76.5 Å². The summed E-state index contributed by atoms with van der Waals surface area (Å²) >= 11 is 1.06. The van der Waals surface area contributed by atoms with Gasteiger partial charge in [-0.15, -0.1) is 0 Å². The number of hydrogen-bond donors (Lipinski definition) is 1. The molecule has 7 nitrogen and oxygen atoms in total. The smallest absolute Gasteiger partial charge is 0.265 e. The van der Waals surface area contributed by atoms with Crippen LogP contribution in [0.2, 0.25) is 0 Å². The first-order chi connectivity index (χ1) is 15.7. The van der Waals surface area contributed by atoms with Gasteiger partial charge < -0.3 is 19.7 Å². The number of carbonyl (C=O) groups excluding carboxylic acids is 1. The number of piperidine rings is 1. The van der Waals surface area contributed by atoms with Gasteiger partial charge >= 0.3 is 0 Å². The average Bonchev–Trinajstić information content (AvgIpc) is 3.19. The Balaban J connectivity index is 1.34. The van der Waals surface area contributed by atoms with E-state index in [1.54, 1.807) is 0 Å². The number of amides is 1. The number of pyridine rings is 1. The number of halogens is 3. The lowest BCUT2D eigenvalue weighted by atomic mass is 9.95. The molecule has 33 heavy (non-hydrogen) atoms. The number of carbonyl (C=O) groups is 1. The number of nitrogens with zero attached hydrogens (tertiary/aromatic N) is 3. The van der Waals surface area contributed by atoms with Crippen LogP contribution in [0.1, 0.15) is 52.4 Å². The van der Waals surface area contributed by atoms with Gasteiger partial charge in [0.1, 0.15) is 11.6 Å². The van der Waals surface area contributed by atoms with Crippen molar-refractivity contribution in [1.82, 2.24) is 15.3 Å². The van der Waals surface area contributed by atoms with E-state index in [1.165, 1.54) is 18.0 Å². The molecule has 2 fully saturated rings. The Kier molecular flexibility index (Phi) is 7.28. The summed E-state index contributed by atoms with van der Waals surface area (Å²) in [5.41, 5.74) is 0.346. The summed E-state index contributed by atoms with van der Waals surface area (Å²) in [5.74, 6) is -3.52. The molecule has 0 radical (unpaired) electrons. The van der Waals surface area contributed by atoms with Gasteiger partial charge in [-0.3, -0.25) is 4.79 Å². The molecular weight excluding hydrogens is 457 g/mol. The lowest BCUT2D eigenvalue weighted by molar-refractivity contribution is -0.120. The SMILES string of the molecule is CC(=O)N[C@@H](C)COC1CCC(Oc2ncc3nc(N4CCCC(F)(F)C4)sc3c2F)CC1. The van der Waals surface area contributed by atoms with Crippen molar-refractivity contribution < 1.29 is 27.4 Å². The fraction of sp³-hybridized carbons (Fsp3) is 0.682. The third-order valence-electron chi connectivity index (χ3n) is 5.93. The normalized spacial score (nSPS) is 24.0. The zero-order valence-corrected chi connectivity index (χ0v) is 19.6. The van der Waals surface area contributed by atoms with E-state index < -0.39 is 18.3 Å². The van der Waals surface area contributed by atoms with Gasteiger partial charge in [-0.05, 0) is 39.0 Å². The van der Waals surface area contributed by atoms with Crippen molar-refractivity contribution in [2.75, 3.05) is 24.6 Å². The molecule has 11 heteroatoms. The van der Waals surface area contributed by atoms with Crippen molar-refractivity contribution in [3.63, 3.8) is 0 Å². The average molecular weight is 487 g/mol. The largest absolute Gasteiger partial charge is 0.472 e. The van der Waals surface area contributed by atoms with Gasteiger partial charge in [-0.2, -0.15) is 4.39 Å². The fourth-order valence-electron chi connectivity index (χ4n) is 4.33. The first-order valence-corrected chi connectivity index (χ1v) is 12.1. The maximum absolute atomic E-state index is 15.1. The second-order valence-corrected chi connectivity index (χ2v) is 9.90. The summed E-state index contributed by atoms with van der Waals surface area (Å²) in [6.45, 7) is 3.88. The van der Waals surface area contributed by atoms with Crippen LogP contribution in [0.3, 0.4) is 0 Å². The molecule has 1 amide bonds. The summed E-state index contributed by atoms with van der Waals surface area (Å²) in [5, 5.41) is 3.17. The van der Waals surface area contributed by atoms with Gasteiger partial charge in [-0.1, -0.05) is 11.3 Å². The highest BCUT2D eigenvalue weighted by molar-refractivity contribution is 7.22. The monoisotopic (exact) mass is 486 g/mol. The van der Waals surface area contributed by atoms with Gasteiger partial charge in [0.05, 0.1) is 30.2 Å². The molecule has 3 heterocycles. The molecule has 2 aromatic rings. The van der Waals surface area contributed by atoms with E-state index in [2.05, 4.69) is 15.3 Å². The quantitative estimate of drug-likeness (QED) is 0.629. The highest BCUT2D eigenvalue weighted by Crippen LogP contribution is 2.37. The summed E-state index contributed by atoms with van der Waals surface area (Å²) in [4.78, 5) is 21.0. The summed E-state index contributed by atoms with van der Waals surface area (Å²) in [6, 6.07) is -0.0537. The number of ether oxygens (including phenoxy) is 2. The minimum absolute atomic E-state index is 0.0537. The van der Waals surface area contributed by atoms with E-state index in [-0.39, 0.29) is 41.2 Å². The molecule has 2 aromatic heterocycles. The molecule has 0 bridgehead atoms. The number of alkyl halides is 2. The standard InChI is InChI=1S/C22H29F3N4O3S/c1-13(27-14(2)30)11-31-15-4-6-16(7-5-15)32-20-18(23)19-17(10-26-20)28-21(33-19)29-9-3-8-22(24,25)12-29/h10,13,15-16H,3-9,11-12H2,1-2H3,(H,27,30)/t13-,15?,16?/m0/s1. The number of anilines is 1. The number of fused-ring (bicyclic) bond motifs is 1. The minimum atomic E-state index is -2.76. The van der Waals surface area contributed by atoms with E-state index >= 15 is 4.39 Å². The fourth-order valence-corrected chi connectivity index (χ4v) is 5.32. The molecule has 1 saturated heterocycles. The summed E-state index contributed by atoms with van der Waals surface area (Å²) in [7, 11) is 0. The molecular formula is C22H29F3N4O3S. The zero-order valence-electron chi connectivity index (χ0n) is 18.8. The van der Waals surface area contributed by atoms with Crippen LogP contribution < -0.4 is 15.0 Å². The zero-order chi connectivity index (χ0) is 23.6. The number of rotatable bonds is 7. The molecule has 1 saturated carbocycles. The topological polar surface area (TPSA) is 76.6 Å². The molecule has 1 aliphatic heterocycles. The molecule has 0 aromatic carbocycles. The molecule has 1 aliphatic carbocycles. The molecule has 4 rings (SSSR count). The predicted octanol–water partition coefficient (Wildman–Crippen LogP) is 4.30. The maximum Gasteiger partial charge on any atom is 0.265 e. The second kappa shape index (κ2) is 10.0. The number of aromatic nitrogens is 2. The molecule has 2 aliphatic rings. The van der Waals surface area contributed by atoms with E-state index in [4.69, 9.17) is 9.47 Å². The van der Waals surface area contributed by atoms with Crippen molar-refractivity contribution in [2.24, 2.45) is 0 Å². The molecule has 0 unspecified atom stereocenters. The Morgan fingerprint density at radius 1 is 1.33 bits per heavy atom. The highest BCUT2D eigenvalue weighted by Gasteiger charge is 2.36. The van der Waals surface area contributed by atoms with Crippen LogP contribution in [0.5, 0.6) is 5.88 Å². The van der Waals surface area contributed by atoms with E-state index in [0.29, 0.717) is 43.1 Å². The maximum atomic E-state index is 15.1. The molecule has 1 N–H and O–H groups in total. The lowest BCUT2D eigenvalue weighted by Gasteiger charge is -2.32. The van der Waals surface area contributed by atoms with Crippen LogP contribution in [0.4, 0.5) is 18.3 Å². The Morgan fingerprint density at radius 2 is 2.06 bits per heavy atom. The van der Waals surface area contributed by atoms with Crippen molar-refractivity contribution >= 4 is 32.6 Å². The molecule has 0 spiro atoms.